The van der Waals surface area contributed by atoms with Gasteiger partial charge in [0.2, 0.25) is 5.91 Å². The van der Waals surface area contributed by atoms with Gasteiger partial charge in [0.25, 0.3) is 0 Å². The standard InChI is InChI=1S/C8H12N2OS/c1-5-3-10-7(11)6(9-2)8(10)12-4-5/h3,6,8-9H,4H2,1-2H3. The highest BCUT2D eigenvalue weighted by atomic mass is 32.2. The zero-order chi connectivity index (χ0) is 8.72. The van der Waals surface area contributed by atoms with Crippen LogP contribution in [0.3, 0.4) is 0 Å². The summed E-state index contributed by atoms with van der Waals surface area (Å²) in [6.07, 6.45) is 1.97. The maximum absolute atomic E-state index is 11.4. The lowest BCUT2D eigenvalue weighted by molar-refractivity contribution is -0.141. The van der Waals surface area contributed by atoms with Crippen molar-refractivity contribution in [2.75, 3.05) is 12.8 Å². The van der Waals surface area contributed by atoms with Gasteiger partial charge in [0, 0.05) is 12.0 Å². The van der Waals surface area contributed by atoms with Gasteiger partial charge in [-0.3, -0.25) is 4.79 Å². The van der Waals surface area contributed by atoms with E-state index in [2.05, 4.69) is 12.2 Å². The third-order valence-corrected chi connectivity index (χ3v) is 3.69. The minimum atomic E-state index is 0.0411. The van der Waals surface area contributed by atoms with Crippen molar-refractivity contribution in [2.45, 2.75) is 18.3 Å². The molecule has 2 aliphatic rings. The van der Waals surface area contributed by atoms with Crippen molar-refractivity contribution in [1.82, 2.24) is 10.2 Å². The molecule has 0 bridgehead atoms. The van der Waals surface area contributed by atoms with E-state index in [1.54, 1.807) is 0 Å². The molecule has 66 valence electrons. The van der Waals surface area contributed by atoms with Crippen molar-refractivity contribution < 1.29 is 4.79 Å². The third-order valence-electron chi connectivity index (χ3n) is 2.23. The van der Waals surface area contributed by atoms with Gasteiger partial charge in [-0.15, -0.1) is 11.8 Å². The van der Waals surface area contributed by atoms with E-state index in [1.165, 1.54) is 5.57 Å². The molecule has 0 aromatic heterocycles. The van der Waals surface area contributed by atoms with Gasteiger partial charge < -0.3 is 10.2 Å². The monoisotopic (exact) mass is 184 g/mol. The fraction of sp³-hybridized carbons (Fsp3) is 0.625. The Morgan fingerprint density at radius 1 is 1.75 bits per heavy atom. The van der Waals surface area contributed by atoms with Crippen molar-refractivity contribution in [3.63, 3.8) is 0 Å². The Balaban J connectivity index is 2.14. The largest absolute Gasteiger partial charge is 0.306 e. The highest BCUT2D eigenvalue weighted by Gasteiger charge is 2.47. The molecule has 2 atom stereocenters. The van der Waals surface area contributed by atoms with Crippen LogP contribution in [0.5, 0.6) is 0 Å². The summed E-state index contributed by atoms with van der Waals surface area (Å²) in [5, 5.41) is 3.36. The van der Waals surface area contributed by atoms with Crippen LogP contribution in [0.1, 0.15) is 6.92 Å². The summed E-state index contributed by atoms with van der Waals surface area (Å²) >= 11 is 1.83. The van der Waals surface area contributed by atoms with E-state index in [-0.39, 0.29) is 11.9 Å². The number of nitrogens with one attached hydrogen (secondary N) is 1. The number of thioether (sulfide) groups is 1. The van der Waals surface area contributed by atoms with Gasteiger partial charge in [-0.25, -0.2) is 0 Å². The van der Waals surface area contributed by atoms with E-state index in [9.17, 15) is 4.79 Å². The van der Waals surface area contributed by atoms with Crippen LogP contribution >= 0.6 is 11.8 Å². The minimum Gasteiger partial charge on any atom is -0.306 e. The molecule has 3 nitrogen and oxygen atoms in total. The number of nitrogens with zero attached hydrogens (tertiary/aromatic N) is 1. The summed E-state index contributed by atoms with van der Waals surface area (Å²) in [4.78, 5) is 13.2. The van der Waals surface area contributed by atoms with E-state index in [4.69, 9.17) is 0 Å². The van der Waals surface area contributed by atoms with E-state index >= 15 is 0 Å². The molecule has 12 heavy (non-hydrogen) atoms. The summed E-state index contributed by atoms with van der Waals surface area (Å²) in [6, 6.07) is 0.0411. The smallest absolute Gasteiger partial charge is 0.247 e. The maximum Gasteiger partial charge on any atom is 0.247 e. The van der Waals surface area contributed by atoms with Crippen LogP contribution in [0.4, 0.5) is 0 Å². The summed E-state index contributed by atoms with van der Waals surface area (Å²) < 4.78 is 0. The highest BCUT2D eigenvalue weighted by Crippen LogP contribution is 2.35. The van der Waals surface area contributed by atoms with Crippen LogP contribution in [0, 0.1) is 0 Å². The lowest BCUT2D eigenvalue weighted by Gasteiger charge is -2.47. The van der Waals surface area contributed by atoms with Gasteiger partial charge in [-0.2, -0.15) is 0 Å². The topological polar surface area (TPSA) is 32.3 Å². The molecule has 0 radical (unpaired) electrons. The van der Waals surface area contributed by atoms with Crippen LogP contribution < -0.4 is 5.32 Å². The average Bonchev–Trinajstić information content (AvgIpc) is 2.07. The first-order chi connectivity index (χ1) is 5.74. The van der Waals surface area contributed by atoms with E-state index in [0.29, 0.717) is 5.37 Å². The van der Waals surface area contributed by atoms with Crippen molar-refractivity contribution in [3.8, 4) is 0 Å². The molecule has 2 rings (SSSR count). The van der Waals surface area contributed by atoms with Gasteiger partial charge in [0.1, 0.15) is 11.4 Å². The Kier molecular flexibility index (Phi) is 1.88. The Hall–Kier alpha value is -0.480. The van der Waals surface area contributed by atoms with Gasteiger partial charge in [0.15, 0.2) is 0 Å². The molecule has 0 aromatic rings. The zero-order valence-electron chi connectivity index (χ0n) is 7.20. The first-order valence-corrected chi connectivity index (χ1v) is 5.07. The quantitative estimate of drug-likeness (QED) is 0.598. The second-order valence-corrected chi connectivity index (χ2v) is 4.29. The number of hydrogen-bond acceptors (Lipinski definition) is 3. The fourth-order valence-corrected chi connectivity index (χ4v) is 2.84. The Morgan fingerprint density at radius 3 is 3.17 bits per heavy atom. The Bertz CT molecular complexity index is 251. The molecule has 2 aliphatic heterocycles. The normalized spacial score (nSPS) is 34.0. The molecular formula is C8H12N2OS. The Morgan fingerprint density at radius 2 is 2.50 bits per heavy atom. The van der Waals surface area contributed by atoms with Crippen molar-refractivity contribution in [2.24, 2.45) is 0 Å². The average molecular weight is 184 g/mol. The fourth-order valence-electron chi connectivity index (χ4n) is 1.56. The summed E-state index contributed by atoms with van der Waals surface area (Å²) in [5.41, 5.74) is 1.28. The molecular weight excluding hydrogens is 172 g/mol. The SMILES string of the molecule is CNC1C(=O)N2C=C(C)CSC12. The summed E-state index contributed by atoms with van der Waals surface area (Å²) in [7, 11) is 1.84. The predicted molar refractivity (Wildman–Crippen MR) is 49.7 cm³/mol. The number of likely N-dealkylation sites (N-methyl/N-ethyl adjacent to an activating group) is 1. The number of amides is 1. The van der Waals surface area contributed by atoms with Gasteiger partial charge in [-0.1, -0.05) is 0 Å². The highest BCUT2D eigenvalue weighted by molar-refractivity contribution is 8.00. The van der Waals surface area contributed by atoms with Gasteiger partial charge in [-0.05, 0) is 19.5 Å². The number of carbonyl (C=O) groups excluding carboxylic acids is 1. The molecule has 1 N–H and O–H groups in total. The maximum atomic E-state index is 11.4. The first-order valence-electron chi connectivity index (χ1n) is 4.02. The van der Waals surface area contributed by atoms with E-state index < -0.39 is 0 Å². The second-order valence-electron chi connectivity index (χ2n) is 3.19. The molecule has 0 saturated carbocycles. The zero-order valence-corrected chi connectivity index (χ0v) is 8.02. The number of carbonyl (C=O) groups is 1. The van der Waals surface area contributed by atoms with Crippen molar-refractivity contribution >= 4 is 17.7 Å². The molecule has 0 aliphatic carbocycles. The van der Waals surface area contributed by atoms with Crippen LogP contribution in [-0.2, 0) is 4.79 Å². The van der Waals surface area contributed by atoms with Crippen molar-refractivity contribution in [1.29, 1.82) is 0 Å². The third kappa shape index (κ3) is 0.983. The lowest BCUT2D eigenvalue weighted by Crippen LogP contribution is -2.66. The number of β-lactam (4-membered cyclic amide) rings is 1. The van der Waals surface area contributed by atoms with Gasteiger partial charge >= 0.3 is 0 Å². The molecule has 1 fully saturated rings. The van der Waals surface area contributed by atoms with Gasteiger partial charge in [0.05, 0.1) is 0 Å². The van der Waals surface area contributed by atoms with E-state index in [0.717, 1.165) is 5.75 Å². The molecule has 0 spiro atoms. The minimum absolute atomic E-state index is 0.0411. The van der Waals surface area contributed by atoms with E-state index in [1.807, 2.05) is 29.9 Å². The van der Waals surface area contributed by atoms with Crippen LogP contribution in [0.2, 0.25) is 0 Å². The second kappa shape index (κ2) is 2.78. The summed E-state index contributed by atoms with van der Waals surface area (Å²) in [6.45, 7) is 2.06. The summed E-state index contributed by atoms with van der Waals surface area (Å²) in [5.74, 6) is 1.25. The molecule has 1 amide bonds. The molecule has 2 heterocycles. The molecule has 2 unspecified atom stereocenters. The first kappa shape index (κ1) is 8.13. The lowest BCUT2D eigenvalue weighted by atomic mass is 10.1. The van der Waals surface area contributed by atoms with Crippen molar-refractivity contribution in [3.05, 3.63) is 11.8 Å². The number of rotatable bonds is 1. The Labute approximate surface area is 76.2 Å². The number of fused-ring (bicyclic) bond motifs is 1. The molecule has 0 aromatic carbocycles. The predicted octanol–water partition coefficient (Wildman–Crippen LogP) is 0.393. The number of hydrogen-bond donors (Lipinski definition) is 1. The van der Waals surface area contributed by atoms with Crippen LogP contribution in [0.25, 0.3) is 0 Å². The van der Waals surface area contributed by atoms with Crippen LogP contribution in [0.15, 0.2) is 11.8 Å². The molecule has 1 saturated heterocycles. The molecule has 4 heteroatoms. The van der Waals surface area contributed by atoms with Crippen LogP contribution in [-0.4, -0.2) is 35.0 Å².